The minimum atomic E-state index is -0.753. The number of halogens is 2. The average molecular weight is 261 g/mol. The lowest BCUT2D eigenvalue weighted by atomic mass is 10.1. The number of aliphatic hydroxyl groups is 1. The fraction of sp³-hybridized carbons (Fsp3) is 0.222. The molecular weight excluding hydrogens is 253 g/mol. The van der Waals surface area contributed by atoms with E-state index in [1.165, 1.54) is 0 Å². The van der Waals surface area contributed by atoms with Crippen LogP contribution in [0.15, 0.2) is 22.7 Å². The molecule has 0 amide bonds. The average Bonchev–Trinajstić information content (AvgIpc) is 2.04. The van der Waals surface area contributed by atoms with Crippen molar-refractivity contribution in [1.82, 2.24) is 0 Å². The van der Waals surface area contributed by atoms with Gasteiger partial charge < -0.3 is 5.11 Å². The van der Waals surface area contributed by atoms with Crippen molar-refractivity contribution in [2.45, 2.75) is 12.5 Å². The quantitative estimate of drug-likeness (QED) is 0.888. The summed E-state index contributed by atoms with van der Waals surface area (Å²) in [4.78, 5) is 0. The van der Waals surface area contributed by atoms with Gasteiger partial charge in [-0.3, -0.25) is 0 Å². The molecule has 0 aliphatic carbocycles. The minimum absolute atomic E-state index is 0.0836. The van der Waals surface area contributed by atoms with Gasteiger partial charge in [0.25, 0.3) is 0 Å². The summed E-state index contributed by atoms with van der Waals surface area (Å²) in [6.45, 7) is 0. The van der Waals surface area contributed by atoms with Crippen LogP contribution in [0.4, 0.5) is 0 Å². The normalized spacial score (nSPS) is 12.2. The first-order valence-electron chi connectivity index (χ1n) is 3.65. The first kappa shape index (κ1) is 10.5. The van der Waals surface area contributed by atoms with E-state index >= 15 is 0 Å². The summed E-state index contributed by atoms with van der Waals surface area (Å²) in [6.07, 6.45) is -0.670. The SMILES string of the molecule is N#CCC(O)c1ccc(Cl)cc1Br. The lowest BCUT2D eigenvalue weighted by molar-refractivity contribution is 0.182. The molecule has 0 saturated heterocycles. The van der Waals surface area contributed by atoms with Gasteiger partial charge in [-0.05, 0) is 17.7 Å². The zero-order valence-electron chi connectivity index (χ0n) is 6.67. The third-order valence-corrected chi connectivity index (χ3v) is 2.53. The molecule has 0 aromatic heterocycles. The van der Waals surface area contributed by atoms with Crippen molar-refractivity contribution in [3.05, 3.63) is 33.3 Å². The van der Waals surface area contributed by atoms with Crippen LogP contribution in [0.5, 0.6) is 0 Å². The molecule has 0 aliphatic heterocycles. The summed E-state index contributed by atoms with van der Waals surface area (Å²) >= 11 is 8.99. The summed E-state index contributed by atoms with van der Waals surface area (Å²) in [5.41, 5.74) is 0.686. The van der Waals surface area contributed by atoms with E-state index in [-0.39, 0.29) is 6.42 Å². The lowest BCUT2D eigenvalue weighted by Gasteiger charge is -2.08. The van der Waals surface area contributed by atoms with E-state index < -0.39 is 6.10 Å². The molecule has 1 aromatic carbocycles. The van der Waals surface area contributed by atoms with E-state index in [1.54, 1.807) is 18.2 Å². The molecule has 0 bridgehead atoms. The molecule has 1 rings (SSSR count). The number of rotatable bonds is 2. The Bertz CT molecular complexity index is 348. The first-order chi connectivity index (χ1) is 6.15. The minimum Gasteiger partial charge on any atom is -0.387 e. The van der Waals surface area contributed by atoms with Crippen LogP contribution >= 0.6 is 27.5 Å². The second-order valence-electron chi connectivity index (χ2n) is 2.54. The fourth-order valence-electron chi connectivity index (χ4n) is 0.968. The molecule has 68 valence electrons. The Labute approximate surface area is 89.9 Å². The van der Waals surface area contributed by atoms with Crippen LogP contribution < -0.4 is 0 Å². The number of aliphatic hydroxyl groups excluding tert-OH is 1. The van der Waals surface area contributed by atoms with Gasteiger partial charge in [-0.25, -0.2) is 0 Å². The smallest absolute Gasteiger partial charge is 0.0930 e. The summed E-state index contributed by atoms with van der Waals surface area (Å²) in [6, 6.07) is 6.98. The highest BCUT2D eigenvalue weighted by molar-refractivity contribution is 9.10. The molecule has 1 aromatic rings. The van der Waals surface area contributed by atoms with Gasteiger partial charge in [-0.2, -0.15) is 5.26 Å². The van der Waals surface area contributed by atoms with Crippen LogP contribution in [-0.2, 0) is 0 Å². The molecule has 13 heavy (non-hydrogen) atoms. The van der Waals surface area contributed by atoms with Crippen LogP contribution in [0.2, 0.25) is 5.02 Å². The predicted octanol–water partition coefficient (Wildman–Crippen LogP) is 3.05. The van der Waals surface area contributed by atoms with Crippen molar-refractivity contribution in [3.63, 3.8) is 0 Å². The van der Waals surface area contributed by atoms with Gasteiger partial charge >= 0.3 is 0 Å². The Morgan fingerprint density at radius 3 is 2.85 bits per heavy atom. The third-order valence-electron chi connectivity index (χ3n) is 1.61. The van der Waals surface area contributed by atoms with Crippen LogP contribution in [-0.4, -0.2) is 5.11 Å². The molecule has 1 atom stereocenters. The molecule has 1 N–H and O–H groups in total. The lowest BCUT2D eigenvalue weighted by Crippen LogP contribution is -1.96. The Morgan fingerprint density at radius 2 is 2.31 bits per heavy atom. The second kappa shape index (κ2) is 4.61. The molecule has 0 aliphatic rings. The zero-order valence-corrected chi connectivity index (χ0v) is 9.01. The highest BCUT2D eigenvalue weighted by Gasteiger charge is 2.10. The van der Waals surface area contributed by atoms with Gasteiger partial charge in [0.2, 0.25) is 0 Å². The maximum Gasteiger partial charge on any atom is 0.0930 e. The molecule has 4 heteroatoms. The van der Waals surface area contributed by atoms with Gasteiger partial charge in [-0.1, -0.05) is 33.6 Å². The highest BCUT2D eigenvalue weighted by atomic mass is 79.9. The first-order valence-corrected chi connectivity index (χ1v) is 4.82. The van der Waals surface area contributed by atoms with E-state index in [4.69, 9.17) is 16.9 Å². The molecule has 0 saturated carbocycles. The van der Waals surface area contributed by atoms with Crippen molar-refractivity contribution in [3.8, 4) is 6.07 Å². The molecule has 0 radical (unpaired) electrons. The molecule has 2 nitrogen and oxygen atoms in total. The highest BCUT2D eigenvalue weighted by Crippen LogP contribution is 2.27. The largest absolute Gasteiger partial charge is 0.387 e. The maximum absolute atomic E-state index is 9.50. The van der Waals surface area contributed by atoms with Crippen molar-refractivity contribution < 1.29 is 5.11 Å². The zero-order chi connectivity index (χ0) is 9.84. The van der Waals surface area contributed by atoms with Crippen LogP contribution in [0, 0.1) is 11.3 Å². The van der Waals surface area contributed by atoms with Gasteiger partial charge in [0.1, 0.15) is 0 Å². The monoisotopic (exact) mass is 259 g/mol. The number of hydrogen-bond donors (Lipinski definition) is 1. The Balaban J connectivity index is 2.96. The summed E-state index contributed by atoms with van der Waals surface area (Å²) in [5.74, 6) is 0. The summed E-state index contributed by atoms with van der Waals surface area (Å²) in [5, 5.41) is 18.5. The fourth-order valence-corrected chi connectivity index (χ4v) is 1.92. The number of nitrogens with zero attached hydrogens (tertiary/aromatic N) is 1. The van der Waals surface area contributed by atoms with E-state index in [9.17, 15) is 5.11 Å². The van der Waals surface area contributed by atoms with Gasteiger partial charge in [0, 0.05) is 9.50 Å². The number of nitriles is 1. The number of benzene rings is 1. The van der Waals surface area contributed by atoms with Gasteiger partial charge in [0.05, 0.1) is 18.6 Å². The van der Waals surface area contributed by atoms with Crippen molar-refractivity contribution >= 4 is 27.5 Å². The second-order valence-corrected chi connectivity index (χ2v) is 3.83. The van der Waals surface area contributed by atoms with Crippen molar-refractivity contribution in [1.29, 1.82) is 5.26 Å². The van der Waals surface area contributed by atoms with E-state index in [2.05, 4.69) is 15.9 Å². The summed E-state index contributed by atoms with van der Waals surface area (Å²) in [7, 11) is 0. The Morgan fingerprint density at radius 1 is 1.62 bits per heavy atom. The molecule has 1 unspecified atom stereocenters. The van der Waals surface area contributed by atoms with Gasteiger partial charge in [-0.15, -0.1) is 0 Å². The molecule has 0 heterocycles. The van der Waals surface area contributed by atoms with Crippen LogP contribution in [0.3, 0.4) is 0 Å². The van der Waals surface area contributed by atoms with Crippen LogP contribution in [0.25, 0.3) is 0 Å². The maximum atomic E-state index is 9.50. The topological polar surface area (TPSA) is 44.0 Å². The third kappa shape index (κ3) is 2.70. The Kier molecular flexibility index (Phi) is 3.73. The van der Waals surface area contributed by atoms with E-state index in [1.807, 2.05) is 6.07 Å². The predicted molar refractivity (Wildman–Crippen MR) is 54.3 cm³/mol. The van der Waals surface area contributed by atoms with Crippen molar-refractivity contribution in [2.24, 2.45) is 0 Å². The molecule has 0 spiro atoms. The van der Waals surface area contributed by atoms with E-state index in [0.29, 0.717) is 10.6 Å². The molecular formula is C9H7BrClNO. The van der Waals surface area contributed by atoms with Crippen LogP contribution in [0.1, 0.15) is 18.1 Å². The molecule has 0 fully saturated rings. The Hall–Kier alpha value is -0.560. The van der Waals surface area contributed by atoms with Gasteiger partial charge in [0.15, 0.2) is 0 Å². The van der Waals surface area contributed by atoms with E-state index in [0.717, 1.165) is 4.47 Å². The summed E-state index contributed by atoms with van der Waals surface area (Å²) < 4.78 is 0.725. The number of hydrogen-bond acceptors (Lipinski definition) is 2. The standard InChI is InChI=1S/C9H7BrClNO/c10-8-5-6(11)1-2-7(8)9(13)3-4-12/h1-2,5,9,13H,3H2. The van der Waals surface area contributed by atoms with Crippen molar-refractivity contribution in [2.75, 3.05) is 0 Å².